The Labute approximate surface area is 109 Å². The highest BCUT2D eigenvalue weighted by atomic mass is 16.5. The minimum Gasteiger partial charge on any atom is -0.385 e. The van der Waals surface area contributed by atoms with E-state index in [4.69, 9.17) is 4.74 Å². The van der Waals surface area contributed by atoms with Gasteiger partial charge in [-0.25, -0.2) is 0 Å². The lowest BCUT2D eigenvalue weighted by molar-refractivity contribution is -0.141. The van der Waals surface area contributed by atoms with Gasteiger partial charge in [-0.15, -0.1) is 0 Å². The Bertz CT molecular complexity index is 364. The molecule has 102 valence electrons. The normalized spacial score (nSPS) is 20.8. The number of aryl methyl sites for hydroxylation is 1. The zero-order chi connectivity index (χ0) is 13.0. The summed E-state index contributed by atoms with van der Waals surface area (Å²) in [5.41, 5.74) is 0.487. The van der Waals surface area contributed by atoms with Crippen LogP contribution in [0.5, 0.6) is 0 Å². The van der Waals surface area contributed by atoms with E-state index in [2.05, 4.69) is 5.10 Å². The van der Waals surface area contributed by atoms with Crippen molar-refractivity contribution >= 4 is 0 Å². The molecule has 18 heavy (non-hydrogen) atoms. The van der Waals surface area contributed by atoms with Gasteiger partial charge < -0.3 is 9.84 Å². The molecule has 1 saturated carbocycles. The van der Waals surface area contributed by atoms with Crippen LogP contribution >= 0.6 is 0 Å². The van der Waals surface area contributed by atoms with E-state index in [1.807, 2.05) is 24.7 Å². The van der Waals surface area contributed by atoms with Crippen molar-refractivity contribution in [3.63, 3.8) is 0 Å². The molecule has 0 amide bonds. The number of ether oxygens (including phenoxy) is 1. The molecule has 0 spiro atoms. The maximum absolute atomic E-state index is 10.7. The fraction of sp³-hybridized carbons (Fsp3) is 0.786. The van der Waals surface area contributed by atoms with Crippen molar-refractivity contribution in [2.75, 3.05) is 6.61 Å². The molecule has 0 bridgehead atoms. The summed E-state index contributed by atoms with van der Waals surface area (Å²) in [5.74, 6) is 0. The van der Waals surface area contributed by atoms with Crippen molar-refractivity contribution in [3.8, 4) is 0 Å². The number of nitrogens with zero attached hydrogens (tertiary/aromatic N) is 2. The highest BCUT2D eigenvalue weighted by Gasteiger charge is 2.41. The number of aliphatic hydroxyl groups excluding tert-OH is 1. The predicted octanol–water partition coefficient (Wildman–Crippen LogP) is 2.68. The molecule has 1 aliphatic rings. The first-order valence-electron chi connectivity index (χ1n) is 7.06. The molecule has 1 atom stereocenters. The molecule has 1 aromatic heterocycles. The minimum atomic E-state index is -0.557. The van der Waals surface area contributed by atoms with Crippen molar-refractivity contribution in [1.82, 2.24) is 9.78 Å². The Kier molecular flexibility index (Phi) is 4.40. The van der Waals surface area contributed by atoms with Crippen LogP contribution in [0.4, 0.5) is 0 Å². The Balaban J connectivity index is 2.18. The van der Waals surface area contributed by atoms with Crippen LogP contribution in [0.3, 0.4) is 0 Å². The molecule has 0 saturated heterocycles. The molecule has 0 aliphatic heterocycles. The van der Waals surface area contributed by atoms with E-state index in [-0.39, 0.29) is 0 Å². The Morgan fingerprint density at radius 2 is 2.11 bits per heavy atom. The molecule has 0 aromatic carbocycles. The van der Waals surface area contributed by atoms with E-state index in [1.54, 1.807) is 6.20 Å². The Morgan fingerprint density at radius 1 is 1.39 bits per heavy atom. The van der Waals surface area contributed by atoms with Gasteiger partial charge in [0.15, 0.2) is 0 Å². The summed E-state index contributed by atoms with van der Waals surface area (Å²) < 4.78 is 7.79. The summed E-state index contributed by atoms with van der Waals surface area (Å²) in [5, 5.41) is 14.9. The highest BCUT2D eigenvalue weighted by Crippen LogP contribution is 2.41. The molecule has 1 N–H and O–H groups in total. The maximum atomic E-state index is 10.7. The standard InChI is InChI=1S/C14H24N2O2/c1-3-16-11-12(10-15-16)13(17)14(18-4-2)8-6-5-7-9-14/h10-11,13,17H,3-9H2,1-2H3. The summed E-state index contributed by atoms with van der Waals surface area (Å²) in [6.07, 6.45) is 8.55. The van der Waals surface area contributed by atoms with Crippen LogP contribution in [0, 0.1) is 0 Å². The van der Waals surface area contributed by atoms with Crippen molar-refractivity contribution in [1.29, 1.82) is 0 Å². The fourth-order valence-corrected chi connectivity index (χ4v) is 2.93. The fourth-order valence-electron chi connectivity index (χ4n) is 2.93. The van der Waals surface area contributed by atoms with E-state index < -0.39 is 11.7 Å². The molecule has 1 unspecified atom stereocenters. The van der Waals surface area contributed by atoms with Gasteiger partial charge in [-0.2, -0.15) is 5.10 Å². The SMILES string of the molecule is CCOC1(C(O)c2cnn(CC)c2)CCCCC1. The van der Waals surface area contributed by atoms with Gasteiger partial charge in [0, 0.05) is 24.9 Å². The molecule has 0 radical (unpaired) electrons. The van der Waals surface area contributed by atoms with E-state index in [9.17, 15) is 5.11 Å². The summed E-state index contributed by atoms with van der Waals surface area (Å²) in [6.45, 7) is 5.52. The van der Waals surface area contributed by atoms with Gasteiger partial charge in [-0.1, -0.05) is 19.3 Å². The van der Waals surface area contributed by atoms with Crippen LogP contribution < -0.4 is 0 Å². The van der Waals surface area contributed by atoms with Crippen molar-refractivity contribution in [2.45, 2.75) is 64.2 Å². The lowest BCUT2D eigenvalue weighted by Crippen LogP contribution is -2.41. The average Bonchev–Trinajstić information content (AvgIpc) is 2.88. The van der Waals surface area contributed by atoms with Crippen LogP contribution in [0.25, 0.3) is 0 Å². The zero-order valence-electron chi connectivity index (χ0n) is 11.4. The minimum absolute atomic E-state index is 0.394. The lowest BCUT2D eigenvalue weighted by Gasteiger charge is -2.40. The molecule has 1 heterocycles. The van der Waals surface area contributed by atoms with Crippen LogP contribution in [0.15, 0.2) is 12.4 Å². The third-order valence-electron chi connectivity index (χ3n) is 3.92. The Morgan fingerprint density at radius 3 is 2.67 bits per heavy atom. The average molecular weight is 252 g/mol. The van der Waals surface area contributed by atoms with Gasteiger partial charge in [0.25, 0.3) is 0 Å². The zero-order valence-corrected chi connectivity index (χ0v) is 11.4. The summed E-state index contributed by atoms with van der Waals surface area (Å²) in [6, 6.07) is 0. The maximum Gasteiger partial charge on any atom is 0.111 e. The smallest absolute Gasteiger partial charge is 0.111 e. The number of rotatable bonds is 5. The topological polar surface area (TPSA) is 47.3 Å². The Hall–Kier alpha value is -0.870. The molecular formula is C14H24N2O2. The van der Waals surface area contributed by atoms with Crippen LogP contribution in [-0.4, -0.2) is 27.1 Å². The first-order valence-corrected chi connectivity index (χ1v) is 7.06. The van der Waals surface area contributed by atoms with Gasteiger partial charge >= 0.3 is 0 Å². The second-order valence-corrected chi connectivity index (χ2v) is 5.09. The van der Waals surface area contributed by atoms with Crippen LogP contribution in [0.1, 0.15) is 57.6 Å². The summed E-state index contributed by atoms with van der Waals surface area (Å²) >= 11 is 0. The second kappa shape index (κ2) is 5.85. The molecule has 4 heteroatoms. The molecular weight excluding hydrogens is 228 g/mol. The predicted molar refractivity (Wildman–Crippen MR) is 70.3 cm³/mol. The van der Waals surface area contributed by atoms with E-state index >= 15 is 0 Å². The molecule has 1 aromatic rings. The number of aromatic nitrogens is 2. The highest BCUT2D eigenvalue weighted by molar-refractivity contribution is 5.14. The summed E-state index contributed by atoms with van der Waals surface area (Å²) in [7, 11) is 0. The monoisotopic (exact) mass is 252 g/mol. The largest absolute Gasteiger partial charge is 0.385 e. The molecule has 1 aliphatic carbocycles. The number of aliphatic hydroxyl groups is 1. The van der Waals surface area contributed by atoms with Crippen molar-refractivity contribution < 1.29 is 9.84 Å². The van der Waals surface area contributed by atoms with E-state index in [1.165, 1.54) is 6.42 Å². The van der Waals surface area contributed by atoms with Gasteiger partial charge in [0.05, 0.1) is 11.8 Å². The van der Waals surface area contributed by atoms with Gasteiger partial charge in [-0.3, -0.25) is 4.68 Å². The molecule has 1 fully saturated rings. The quantitative estimate of drug-likeness (QED) is 0.876. The number of hydrogen-bond donors (Lipinski definition) is 1. The van der Waals surface area contributed by atoms with E-state index in [0.29, 0.717) is 6.61 Å². The molecule has 4 nitrogen and oxygen atoms in total. The van der Waals surface area contributed by atoms with E-state index in [0.717, 1.165) is 37.8 Å². The first-order chi connectivity index (χ1) is 8.72. The van der Waals surface area contributed by atoms with Crippen molar-refractivity contribution in [3.05, 3.63) is 18.0 Å². The summed E-state index contributed by atoms with van der Waals surface area (Å²) in [4.78, 5) is 0. The first kappa shape index (κ1) is 13.6. The lowest BCUT2D eigenvalue weighted by atomic mass is 9.78. The van der Waals surface area contributed by atoms with Gasteiger partial charge in [-0.05, 0) is 26.7 Å². The third kappa shape index (κ3) is 2.59. The number of hydrogen-bond acceptors (Lipinski definition) is 3. The van der Waals surface area contributed by atoms with Crippen molar-refractivity contribution in [2.24, 2.45) is 0 Å². The van der Waals surface area contributed by atoms with Crippen LogP contribution in [-0.2, 0) is 11.3 Å². The third-order valence-corrected chi connectivity index (χ3v) is 3.92. The van der Waals surface area contributed by atoms with Gasteiger partial charge in [0.2, 0.25) is 0 Å². The van der Waals surface area contributed by atoms with Crippen LogP contribution in [0.2, 0.25) is 0 Å². The second-order valence-electron chi connectivity index (χ2n) is 5.09. The van der Waals surface area contributed by atoms with Gasteiger partial charge in [0.1, 0.15) is 6.10 Å². The molecule has 2 rings (SSSR count).